The van der Waals surface area contributed by atoms with Gasteiger partial charge in [-0.15, -0.1) is 0 Å². The third-order valence-electron chi connectivity index (χ3n) is 4.75. The molecule has 156 valence electrons. The van der Waals surface area contributed by atoms with Crippen molar-refractivity contribution in [2.45, 2.75) is 31.6 Å². The highest BCUT2D eigenvalue weighted by atomic mass is 32.2. The molecule has 29 heavy (non-hydrogen) atoms. The van der Waals surface area contributed by atoms with Gasteiger partial charge in [-0.1, -0.05) is 19.1 Å². The molecular weight excluding hydrogens is 396 g/mol. The Hall–Kier alpha value is -2.65. The minimum absolute atomic E-state index is 0.0480. The third kappa shape index (κ3) is 4.68. The van der Waals surface area contributed by atoms with Crippen LogP contribution in [-0.4, -0.2) is 37.3 Å². The molecule has 1 aliphatic rings. The summed E-state index contributed by atoms with van der Waals surface area (Å²) in [4.78, 5) is 10.9. The normalized spacial score (nSPS) is 17.7. The lowest BCUT2D eigenvalue weighted by molar-refractivity contribution is -0.385. The zero-order valence-electron chi connectivity index (χ0n) is 16.4. The van der Waals surface area contributed by atoms with Crippen LogP contribution in [0.1, 0.15) is 26.7 Å². The van der Waals surface area contributed by atoms with Crippen molar-refractivity contribution < 1.29 is 22.8 Å². The summed E-state index contributed by atoms with van der Waals surface area (Å²) in [6.45, 7) is 5.06. The van der Waals surface area contributed by atoms with Crippen molar-refractivity contribution in [1.82, 2.24) is 4.31 Å². The molecule has 2 aromatic rings. The molecule has 0 spiro atoms. The summed E-state index contributed by atoms with van der Waals surface area (Å²) in [6, 6.07) is 10.5. The van der Waals surface area contributed by atoms with E-state index in [1.807, 2.05) is 13.8 Å². The Bertz CT molecular complexity index is 992. The number of nitro groups is 1. The smallest absolute Gasteiger partial charge is 0.312 e. The number of benzene rings is 2. The molecule has 0 aliphatic carbocycles. The molecular formula is C20H24N2O6S. The number of sulfonamides is 1. The van der Waals surface area contributed by atoms with Gasteiger partial charge in [0.25, 0.3) is 0 Å². The standard InChI is InChI=1S/C20H24N2O6S/c1-3-27-19-8-4-5-9-20(19)28-18-11-10-16(13-17(18)22(23)24)29(25,26)21-12-6-7-15(2)14-21/h4-5,8-11,13,15H,3,6-7,12,14H2,1-2H3/t15-/m1/s1. The van der Waals surface area contributed by atoms with E-state index in [1.54, 1.807) is 24.3 Å². The fourth-order valence-corrected chi connectivity index (χ4v) is 4.95. The van der Waals surface area contributed by atoms with Crippen LogP contribution >= 0.6 is 0 Å². The van der Waals surface area contributed by atoms with Gasteiger partial charge >= 0.3 is 5.69 Å². The van der Waals surface area contributed by atoms with E-state index >= 15 is 0 Å². The molecule has 2 aromatic carbocycles. The van der Waals surface area contributed by atoms with Crippen molar-refractivity contribution in [2.24, 2.45) is 5.92 Å². The predicted molar refractivity (Wildman–Crippen MR) is 108 cm³/mol. The number of hydrogen-bond donors (Lipinski definition) is 0. The van der Waals surface area contributed by atoms with Crippen molar-refractivity contribution in [2.75, 3.05) is 19.7 Å². The van der Waals surface area contributed by atoms with Gasteiger partial charge in [0.05, 0.1) is 16.4 Å². The Balaban J connectivity index is 1.95. The van der Waals surface area contributed by atoms with Crippen LogP contribution in [0.3, 0.4) is 0 Å². The highest BCUT2D eigenvalue weighted by molar-refractivity contribution is 7.89. The van der Waals surface area contributed by atoms with Gasteiger partial charge in [0, 0.05) is 19.2 Å². The molecule has 1 heterocycles. The largest absolute Gasteiger partial charge is 0.490 e. The number of rotatable bonds is 7. The maximum atomic E-state index is 13.0. The zero-order valence-corrected chi connectivity index (χ0v) is 17.2. The monoisotopic (exact) mass is 420 g/mol. The van der Waals surface area contributed by atoms with Crippen LogP contribution < -0.4 is 9.47 Å². The fourth-order valence-electron chi connectivity index (χ4n) is 3.33. The number of piperidine rings is 1. The summed E-state index contributed by atoms with van der Waals surface area (Å²) in [6.07, 6.45) is 1.75. The molecule has 1 saturated heterocycles. The van der Waals surface area contributed by atoms with E-state index in [4.69, 9.17) is 9.47 Å². The van der Waals surface area contributed by atoms with Crippen LogP contribution in [0, 0.1) is 16.0 Å². The van der Waals surface area contributed by atoms with Crippen molar-refractivity contribution >= 4 is 15.7 Å². The minimum atomic E-state index is -3.81. The second-order valence-electron chi connectivity index (χ2n) is 6.98. The first-order valence-corrected chi connectivity index (χ1v) is 10.9. The van der Waals surface area contributed by atoms with E-state index in [0.29, 0.717) is 31.2 Å². The average Bonchev–Trinajstić information content (AvgIpc) is 2.69. The Morgan fingerprint density at radius 2 is 1.90 bits per heavy atom. The first-order valence-electron chi connectivity index (χ1n) is 9.51. The molecule has 0 amide bonds. The molecule has 0 bridgehead atoms. The maximum absolute atomic E-state index is 13.0. The first-order chi connectivity index (χ1) is 13.8. The summed E-state index contributed by atoms with van der Waals surface area (Å²) in [5, 5.41) is 11.6. The lowest BCUT2D eigenvalue weighted by Gasteiger charge is -2.30. The summed E-state index contributed by atoms with van der Waals surface area (Å²) >= 11 is 0. The van der Waals surface area contributed by atoms with Gasteiger partial charge in [0.2, 0.25) is 15.8 Å². The van der Waals surface area contributed by atoms with E-state index in [9.17, 15) is 18.5 Å². The Labute approximate surface area is 170 Å². The summed E-state index contributed by atoms with van der Waals surface area (Å²) < 4.78 is 38.5. The van der Waals surface area contributed by atoms with Crippen molar-refractivity contribution in [3.05, 3.63) is 52.6 Å². The third-order valence-corrected chi connectivity index (χ3v) is 6.61. The Morgan fingerprint density at radius 1 is 1.17 bits per heavy atom. The summed E-state index contributed by atoms with van der Waals surface area (Å²) in [5.74, 6) is 0.973. The van der Waals surface area contributed by atoms with Gasteiger partial charge < -0.3 is 9.47 Å². The molecule has 8 nitrogen and oxygen atoms in total. The molecule has 9 heteroatoms. The molecule has 1 aliphatic heterocycles. The SMILES string of the molecule is CCOc1ccccc1Oc1ccc(S(=O)(=O)N2CCC[C@@H](C)C2)cc1[N+](=O)[O-]. The van der Waals surface area contributed by atoms with Crippen LogP contribution in [0.5, 0.6) is 17.2 Å². The van der Waals surface area contributed by atoms with E-state index in [-0.39, 0.29) is 16.6 Å². The number of para-hydroxylation sites is 2. The topological polar surface area (TPSA) is 99.0 Å². The second kappa shape index (κ2) is 8.79. The minimum Gasteiger partial charge on any atom is -0.490 e. The lowest BCUT2D eigenvalue weighted by Crippen LogP contribution is -2.39. The van der Waals surface area contributed by atoms with Crippen LogP contribution in [0.2, 0.25) is 0 Å². The second-order valence-corrected chi connectivity index (χ2v) is 8.92. The number of nitro benzene ring substituents is 1. The van der Waals surface area contributed by atoms with Gasteiger partial charge in [-0.2, -0.15) is 4.31 Å². The van der Waals surface area contributed by atoms with Crippen molar-refractivity contribution in [3.8, 4) is 17.2 Å². The van der Waals surface area contributed by atoms with Crippen LogP contribution in [0.15, 0.2) is 47.4 Å². The number of nitrogens with zero attached hydrogens (tertiary/aromatic N) is 2. The van der Waals surface area contributed by atoms with Gasteiger partial charge in [0.15, 0.2) is 11.5 Å². The molecule has 1 fully saturated rings. The average molecular weight is 420 g/mol. The maximum Gasteiger partial charge on any atom is 0.312 e. The van der Waals surface area contributed by atoms with Crippen LogP contribution in [0.4, 0.5) is 5.69 Å². The zero-order chi connectivity index (χ0) is 21.0. The Kier molecular flexibility index (Phi) is 6.39. The molecule has 0 aromatic heterocycles. The van der Waals surface area contributed by atoms with Crippen LogP contribution in [0.25, 0.3) is 0 Å². The van der Waals surface area contributed by atoms with Crippen LogP contribution in [-0.2, 0) is 10.0 Å². The summed E-state index contributed by atoms with van der Waals surface area (Å²) in [5.41, 5.74) is -0.414. The lowest BCUT2D eigenvalue weighted by atomic mass is 10.0. The van der Waals surface area contributed by atoms with Gasteiger partial charge in [-0.25, -0.2) is 8.42 Å². The molecule has 3 rings (SSSR count). The molecule has 0 saturated carbocycles. The highest BCUT2D eigenvalue weighted by Gasteiger charge is 2.31. The molecule has 0 N–H and O–H groups in total. The van der Waals surface area contributed by atoms with Gasteiger partial charge in [-0.3, -0.25) is 10.1 Å². The number of ether oxygens (including phenoxy) is 2. The van der Waals surface area contributed by atoms with E-state index in [2.05, 4.69) is 0 Å². The number of hydrogen-bond acceptors (Lipinski definition) is 6. The van der Waals surface area contributed by atoms with E-state index < -0.39 is 20.6 Å². The fraction of sp³-hybridized carbons (Fsp3) is 0.400. The molecule has 1 atom stereocenters. The Morgan fingerprint density at radius 3 is 2.55 bits per heavy atom. The first kappa shape index (κ1) is 21.1. The van der Waals surface area contributed by atoms with E-state index in [0.717, 1.165) is 18.9 Å². The summed E-state index contributed by atoms with van der Waals surface area (Å²) in [7, 11) is -3.81. The van der Waals surface area contributed by atoms with Crippen molar-refractivity contribution in [1.29, 1.82) is 0 Å². The van der Waals surface area contributed by atoms with Gasteiger partial charge in [0.1, 0.15) is 0 Å². The predicted octanol–water partition coefficient (Wildman–Crippen LogP) is 4.21. The highest BCUT2D eigenvalue weighted by Crippen LogP contribution is 2.38. The van der Waals surface area contributed by atoms with Gasteiger partial charge in [-0.05, 0) is 49.9 Å². The molecule has 0 radical (unpaired) electrons. The molecule has 0 unspecified atom stereocenters. The van der Waals surface area contributed by atoms with Crippen molar-refractivity contribution in [3.63, 3.8) is 0 Å². The quantitative estimate of drug-likeness (QED) is 0.491. The van der Waals surface area contributed by atoms with E-state index in [1.165, 1.54) is 16.4 Å².